The van der Waals surface area contributed by atoms with Crippen molar-refractivity contribution >= 4 is 40.9 Å². The number of benzene rings is 2. The van der Waals surface area contributed by atoms with E-state index in [1.807, 2.05) is 12.1 Å². The molecule has 1 saturated heterocycles. The van der Waals surface area contributed by atoms with Crippen molar-refractivity contribution in [2.24, 2.45) is 0 Å². The topological polar surface area (TPSA) is 69.7 Å². The average Bonchev–Trinajstić information content (AvgIpc) is 2.97. The molecule has 0 radical (unpaired) electrons. The van der Waals surface area contributed by atoms with E-state index in [9.17, 15) is 14.4 Å². The van der Waals surface area contributed by atoms with E-state index >= 15 is 0 Å². The number of hydrogen-bond acceptors (Lipinski definition) is 4. The number of carbonyl (C=O) groups is 3. The van der Waals surface area contributed by atoms with E-state index in [0.29, 0.717) is 21.2 Å². The molecule has 2 aromatic carbocycles. The molecule has 1 N–H and O–H groups in total. The largest absolute Gasteiger partial charge is 0.352 e. The fraction of sp³-hybridized carbons (Fsp3) is 0.318. The van der Waals surface area contributed by atoms with Gasteiger partial charge in [0.25, 0.3) is 11.8 Å². The molecule has 0 aromatic heterocycles. The molecule has 6 nitrogen and oxygen atoms in total. The number of likely N-dealkylation sites (tertiary alicyclic amines) is 1. The molecule has 2 heterocycles. The fourth-order valence-electron chi connectivity index (χ4n) is 3.93. The van der Waals surface area contributed by atoms with Crippen molar-refractivity contribution in [1.29, 1.82) is 0 Å². The minimum atomic E-state index is -0.415. The van der Waals surface area contributed by atoms with Crippen LogP contribution in [-0.2, 0) is 11.3 Å². The Balaban J connectivity index is 1.26. The third-order valence-corrected chi connectivity index (χ3v) is 6.26. The van der Waals surface area contributed by atoms with Gasteiger partial charge >= 0.3 is 0 Å². The van der Waals surface area contributed by atoms with Crippen molar-refractivity contribution in [3.8, 4) is 0 Å². The van der Waals surface area contributed by atoms with E-state index in [1.54, 1.807) is 30.3 Å². The maximum absolute atomic E-state index is 12.5. The van der Waals surface area contributed by atoms with Gasteiger partial charge in [0.1, 0.15) is 6.54 Å². The molecule has 0 spiro atoms. The smallest absolute Gasteiger partial charge is 0.262 e. The van der Waals surface area contributed by atoms with Gasteiger partial charge in [0, 0.05) is 25.7 Å². The standard InChI is InChI=1S/C22H21Cl2N3O3/c23-18-6-5-14(11-19(18)24)12-26-9-7-15(8-10-26)25-20(28)13-27-21(29)16-3-1-2-4-17(16)22(27)30/h1-6,11,15H,7-10,12-13H2,(H,25,28). The fourth-order valence-corrected chi connectivity index (χ4v) is 4.25. The van der Waals surface area contributed by atoms with Gasteiger partial charge in [-0.1, -0.05) is 41.4 Å². The van der Waals surface area contributed by atoms with Gasteiger partial charge in [-0.05, 0) is 42.7 Å². The number of halogens is 2. The summed E-state index contributed by atoms with van der Waals surface area (Å²) in [5.74, 6) is -1.14. The Morgan fingerprint density at radius 2 is 1.60 bits per heavy atom. The van der Waals surface area contributed by atoms with E-state index in [-0.39, 0.29) is 18.5 Å². The zero-order valence-corrected chi connectivity index (χ0v) is 17.7. The third kappa shape index (κ3) is 4.36. The monoisotopic (exact) mass is 445 g/mol. The van der Waals surface area contributed by atoms with Crippen molar-refractivity contribution < 1.29 is 14.4 Å². The van der Waals surface area contributed by atoms with Crippen molar-refractivity contribution in [2.75, 3.05) is 19.6 Å². The summed E-state index contributed by atoms with van der Waals surface area (Å²) < 4.78 is 0. The van der Waals surface area contributed by atoms with E-state index in [4.69, 9.17) is 23.2 Å². The number of nitrogens with one attached hydrogen (secondary N) is 1. The van der Waals surface area contributed by atoms with Crippen LogP contribution in [0.4, 0.5) is 0 Å². The van der Waals surface area contributed by atoms with Crippen LogP contribution >= 0.6 is 23.2 Å². The van der Waals surface area contributed by atoms with Crippen LogP contribution in [0.15, 0.2) is 42.5 Å². The van der Waals surface area contributed by atoms with Crippen LogP contribution in [-0.4, -0.2) is 53.2 Å². The van der Waals surface area contributed by atoms with Gasteiger partial charge < -0.3 is 5.32 Å². The minimum Gasteiger partial charge on any atom is -0.352 e. The zero-order valence-electron chi connectivity index (χ0n) is 16.2. The zero-order chi connectivity index (χ0) is 21.3. The van der Waals surface area contributed by atoms with Gasteiger partial charge in [0.15, 0.2) is 0 Å². The van der Waals surface area contributed by atoms with Gasteiger partial charge in [0.05, 0.1) is 21.2 Å². The number of fused-ring (bicyclic) bond motifs is 1. The lowest BCUT2D eigenvalue weighted by molar-refractivity contribution is -0.122. The summed E-state index contributed by atoms with van der Waals surface area (Å²) in [6, 6.07) is 12.3. The minimum absolute atomic E-state index is 0.0257. The quantitative estimate of drug-likeness (QED) is 0.716. The van der Waals surface area contributed by atoms with E-state index in [1.165, 1.54) is 0 Å². The lowest BCUT2D eigenvalue weighted by Crippen LogP contribution is -2.48. The summed E-state index contributed by atoms with van der Waals surface area (Å²) in [5, 5.41) is 4.05. The molecule has 2 aliphatic heterocycles. The molecule has 156 valence electrons. The van der Waals surface area contributed by atoms with Crippen LogP contribution < -0.4 is 5.32 Å². The molecule has 30 heavy (non-hydrogen) atoms. The van der Waals surface area contributed by atoms with Gasteiger partial charge in [0.2, 0.25) is 5.91 Å². The summed E-state index contributed by atoms with van der Waals surface area (Å²) in [6.45, 7) is 2.18. The molecule has 3 amide bonds. The first-order valence-electron chi connectivity index (χ1n) is 9.83. The van der Waals surface area contributed by atoms with Gasteiger partial charge in [-0.3, -0.25) is 24.2 Å². The third-order valence-electron chi connectivity index (χ3n) is 5.52. The molecule has 2 aliphatic rings. The molecule has 0 bridgehead atoms. The molecule has 4 rings (SSSR count). The number of rotatable bonds is 5. The maximum atomic E-state index is 12.5. The summed E-state index contributed by atoms with van der Waals surface area (Å²) >= 11 is 12.0. The highest BCUT2D eigenvalue weighted by atomic mass is 35.5. The molecule has 2 aromatic rings. The molecule has 1 fully saturated rings. The van der Waals surface area contributed by atoms with Crippen molar-refractivity contribution in [2.45, 2.75) is 25.4 Å². The number of piperidine rings is 1. The predicted molar refractivity (Wildman–Crippen MR) is 115 cm³/mol. The Morgan fingerprint density at radius 1 is 0.967 bits per heavy atom. The molecule has 0 atom stereocenters. The van der Waals surface area contributed by atoms with Crippen molar-refractivity contribution in [3.05, 3.63) is 69.2 Å². The lowest BCUT2D eigenvalue weighted by Gasteiger charge is -2.32. The number of nitrogens with zero attached hydrogens (tertiary/aromatic N) is 2. The van der Waals surface area contributed by atoms with E-state index < -0.39 is 11.8 Å². The first-order chi connectivity index (χ1) is 14.4. The summed E-state index contributed by atoms with van der Waals surface area (Å²) in [5.41, 5.74) is 1.80. The summed E-state index contributed by atoms with van der Waals surface area (Å²) in [6.07, 6.45) is 1.60. The highest BCUT2D eigenvalue weighted by Crippen LogP contribution is 2.24. The van der Waals surface area contributed by atoms with E-state index in [0.717, 1.165) is 42.9 Å². The second-order valence-electron chi connectivity index (χ2n) is 7.61. The molecule has 0 aliphatic carbocycles. The first-order valence-corrected chi connectivity index (χ1v) is 10.6. The molecular weight excluding hydrogens is 425 g/mol. The van der Waals surface area contributed by atoms with Crippen LogP contribution in [0.3, 0.4) is 0 Å². The van der Waals surface area contributed by atoms with Crippen LogP contribution in [0.1, 0.15) is 39.1 Å². The lowest BCUT2D eigenvalue weighted by atomic mass is 10.0. The maximum Gasteiger partial charge on any atom is 0.262 e. The molecule has 8 heteroatoms. The predicted octanol–water partition coefficient (Wildman–Crippen LogP) is 3.37. The number of imide groups is 1. The highest BCUT2D eigenvalue weighted by Gasteiger charge is 2.36. The second kappa shape index (κ2) is 8.76. The Hall–Kier alpha value is -2.41. The number of hydrogen-bond donors (Lipinski definition) is 1. The highest BCUT2D eigenvalue weighted by molar-refractivity contribution is 6.42. The molecule has 0 unspecified atom stereocenters. The summed E-state index contributed by atoms with van der Waals surface area (Å²) in [7, 11) is 0. The van der Waals surface area contributed by atoms with Crippen LogP contribution in [0.25, 0.3) is 0 Å². The van der Waals surface area contributed by atoms with Gasteiger partial charge in [-0.2, -0.15) is 0 Å². The van der Waals surface area contributed by atoms with Gasteiger partial charge in [-0.25, -0.2) is 0 Å². The second-order valence-corrected chi connectivity index (χ2v) is 8.42. The summed E-state index contributed by atoms with van der Waals surface area (Å²) in [4.78, 5) is 40.6. The van der Waals surface area contributed by atoms with Gasteiger partial charge in [-0.15, -0.1) is 0 Å². The number of amides is 3. The van der Waals surface area contributed by atoms with Crippen LogP contribution in [0.5, 0.6) is 0 Å². The van der Waals surface area contributed by atoms with Crippen molar-refractivity contribution in [3.63, 3.8) is 0 Å². The Bertz CT molecular complexity index is 968. The SMILES string of the molecule is O=C(CN1C(=O)c2ccccc2C1=O)NC1CCN(Cc2ccc(Cl)c(Cl)c2)CC1. The normalized spacial score (nSPS) is 17.3. The molecular formula is C22H21Cl2N3O3. The van der Waals surface area contributed by atoms with Crippen LogP contribution in [0.2, 0.25) is 10.0 Å². The van der Waals surface area contributed by atoms with Crippen LogP contribution in [0, 0.1) is 0 Å². The molecule has 0 saturated carbocycles. The van der Waals surface area contributed by atoms with E-state index in [2.05, 4.69) is 10.2 Å². The Morgan fingerprint density at radius 3 is 2.20 bits per heavy atom. The average molecular weight is 446 g/mol. The first kappa shape index (κ1) is 20.8. The number of carbonyl (C=O) groups excluding carboxylic acids is 3. The van der Waals surface area contributed by atoms with Crippen molar-refractivity contribution in [1.82, 2.24) is 15.1 Å². The Kier molecular flexibility index (Phi) is 6.09. The Labute approximate surface area is 184 Å².